The number of hydrogen-bond acceptors (Lipinski definition) is 2. The largest absolute Gasteiger partial charge is 0.267 e. The van der Waals surface area contributed by atoms with Gasteiger partial charge in [-0.3, -0.25) is 10.1 Å². The molecule has 1 unspecified atom stereocenters. The minimum absolute atomic E-state index is 0.0854. The van der Waals surface area contributed by atoms with E-state index in [1.54, 1.807) is 13.0 Å². The van der Waals surface area contributed by atoms with Crippen LogP contribution >= 0.6 is 10.0 Å². The zero-order valence-electron chi connectivity index (χ0n) is 11.2. The van der Waals surface area contributed by atoms with Crippen molar-refractivity contribution in [3.05, 3.63) is 32.7 Å². The molecule has 0 spiro atoms. The SMILES string of the molecule is CC1(C)CCS(C)(C)C2=C1C=CC2(C)[N+](=O)[O-]. The Bertz CT molecular complexity index is 448. The number of nitrogens with zero attached hydrogens (tertiary/aromatic N) is 1. The van der Waals surface area contributed by atoms with E-state index >= 15 is 0 Å². The highest BCUT2D eigenvalue weighted by molar-refractivity contribution is 8.35. The fourth-order valence-electron chi connectivity index (χ4n) is 2.95. The quantitative estimate of drug-likeness (QED) is 0.533. The predicted molar refractivity (Wildman–Crippen MR) is 74.3 cm³/mol. The van der Waals surface area contributed by atoms with Crippen molar-refractivity contribution < 1.29 is 4.92 Å². The Kier molecular flexibility index (Phi) is 2.52. The van der Waals surface area contributed by atoms with E-state index in [2.05, 4.69) is 26.4 Å². The lowest BCUT2D eigenvalue weighted by Gasteiger charge is -2.46. The van der Waals surface area contributed by atoms with Crippen LogP contribution < -0.4 is 0 Å². The Morgan fingerprint density at radius 2 is 1.94 bits per heavy atom. The molecule has 1 aliphatic heterocycles. The van der Waals surface area contributed by atoms with Crippen LogP contribution in [-0.4, -0.2) is 28.7 Å². The van der Waals surface area contributed by atoms with Gasteiger partial charge in [0.1, 0.15) is 0 Å². The Hall–Kier alpha value is -0.770. The Labute approximate surface area is 104 Å². The normalized spacial score (nSPS) is 35.6. The molecule has 0 saturated heterocycles. The van der Waals surface area contributed by atoms with Crippen LogP contribution in [0.4, 0.5) is 0 Å². The minimum Gasteiger partial charge on any atom is -0.263 e. The molecule has 3 nitrogen and oxygen atoms in total. The van der Waals surface area contributed by atoms with E-state index in [1.807, 2.05) is 6.08 Å². The lowest BCUT2D eigenvalue weighted by Crippen LogP contribution is -2.39. The van der Waals surface area contributed by atoms with Crippen LogP contribution in [0.5, 0.6) is 0 Å². The molecule has 1 heterocycles. The van der Waals surface area contributed by atoms with E-state index in [9.17, 15) is 10.1 Å². The molecule has 4 heteroatoms. The third-order valence-corrected chi connectivity index (χ3v) is 7.14. The third-order valence-electron chi connectivity index (χ3n) is 4.18. The summed E-state index contributed by atoms with van der Waals surface area (Å²) in [7, 11) is -1.01. The van der Waals surface area contributed by atoms with Gasteiger partial charge in [0.15, 0.2) is 0 Å². The first-order valence-electron chi connectivity index (χ1n) is 5.91. The first kappa shape index (κ1) is 12.7. The summed E-state index contributed by atoms with van der Waals surface area (Å²) in [6.45, 7) is 6.15. The molecule has 1 atom stereocenters. The van der Waals surface area contributed by atoms with Crippen LogP contribution in [0.25, 0.3) is 0 Å². The second-order valence-electron chi connectivity index (χ2n) is 6.36. The highest BCUT2D eigenvalue weighted by atomic mass is 32.3. The Morgan fingerprint density at radius 3 is 2.47 bits per heavy atom. The van der Waals surface area contributed by atoms with Gasteiger partial charge in [-0.1, -0.05) is 19.9 Å². The number of hydrogen-bond donors (Lipinski definition) is 0. The summed E-state index contributed by atoms with van der Waals surface area (Å²) in [6.07, 6.45) is 9.36. The first-order valence-corrected chi connectivity index (χ1v) is 8.53. The van der Waals surface area contributed by atoms with Crippen LogP contribution in [0.3, 0.4) is 0 Å². The van der Waals surface area contributed by atoms with Gasteiger partial charge in [-0.25, -0.2) is 10.0 Å². The third kappa shape index (κ3) is 1.65. The Balaban J connectivity index is 2.66. The van der Waals surface area contributed by atoms with Crippen molar-refractivity contribution in [2.24, 2.45) is 5.41 Å². The summed E-state index contributed by atoms with van der Waals surface area (Å²) in [5, 5.41) is 11.4. The van der Waals surface area contributed by atoms with E-state index < -0.39 is 15.6 Å². The van der Waals surface area contributed by atoms with Crippen molar-refractivity contribution in [1.82, 2.24) is 0 Å². The van der Waals surface area contributed by atoms with Crippen LogP contribution in [0, 0.1) is 15.5 Å². The minimum atomic E-state index is -1.01. The highest BCUT2D eigenvalue weighted by Crippen LogP contribution is 2.64. The number of rotatable bonds is 1. The van der Waals surface area contributed by atoms with Gasteiger partial charge in [0.2, 0.25) is 0 Å². The van der Waals surface area contributed by atoms with Gasteiger partial charge in [-0.05, 0) is 41.7 Å². The summed E-state index contributed by atoms with van der Waals surface area (Å²) < 4.78 is 0. The molecule has 0 aromatic rings. The Morgan fingerprint density at radius 1 is 1.35 bits per heavy atom. The van der Waals surface area contributed by atoms with Crippen molar-refractivity contribution in [3.63, 3.8) is 0 Å². The highest BCUT2D eigenvalue weighted by Gasteiger charge is 2.53. The molecule has 2 rings (SSSR count). The van der Waals surface area contributed by atoms with Crippen LogP contribution in [0.2, 0.25) is 0 Å². The maximum atomic E-state index is 11.4. The molecule has 0 bridgehead atoms. The van der Waals surface area contributed by atoms with Crippen LogP contribution in [0.15, 0.2) is 22.6 Å². The van der Waals surface area contributed by atoms with Crippen molar-refractivity contribution >= 4 is 10.0 Å². The average molecular weight is 255 g/mol. The molecule has 0 fully saturated rings. The van der Waals surface area contributed by atoms with E-state index in [0.29, 0.717) is 0 Å². The molecular weight excluding hydrogens is 234 g/mol. The number of nitro groups is 1. The van der Waals surface area contributed by atoms with Gasteiger partial charge in [0.05, 0.1) is 4.91 Å². The second kappa shape index (κ2) is 3.37. The van der Waals surface area contributed by atoms with Gasteiger partial charge < -0.3 is 0 Å². The van der Waals surface area contributed by atoms with Crippen molar-refractivity contribution in [2.75, 3.05) is 18.3 Å². The monoisotopic (exact) mass is 255 g/mol. The van der Waals surface area contributed by atoms with Gasteiger partial charge in [0.25, 0.3) is 5.54 Å². The maximum absolute atomic E-state index is 11.4. The van der Waals surface area contributed by atoms with Gasteiger partial charge in [-0.15, -0.1) is 0 Å². The molecule has 0 radical (unpaired) electrons. The summed E-state index contributed by atoms with van der Waals surface area (Å²) in [5.74, 6) is 1.10. The summed E-state index contributed by atoms with van der Waals surface area (Å²) in [6, 6.07) is 0. The topological polar surface area (TPSA) is 43.1 Å². The summed E-state index contributed by atoms with van der Waals surface area (Å²) >= 11 is 0. The fraction of sp³-hybridized carbons (Fsp3) is 0.692. The predicted octanol–water partition coefficient (Wildman–Crippen LogP) is 3.34. The lowest BCUT2D eigenvalue weighted by molar-refractivity contribution is -0.536. The zero-order valence-corrected chi connectivity index (χ0v) is 12.1. The summed E-state index contributed by atoms with van der Waals surface area (Å²) in [4.78, 5) is 12.4. The molecule has 0 saturated carbocycles. The molecule has 2 aliphatic rings. The van der Waals surface area contributed by atoms with E-state index in [4.69, 9.17) is 0 Å². The molecule has 0 aromatic heterocycles. The second-order valence-corrected chi connectivity index (χ2v) is 10.2. The molecule has 17 heavy (non-hydrogen) atoms. The first-order chi connectivity index (χ1) is 7.61. The average Bonchev–Trinajstić information content (AvgIpc) is 2.55. The molecule has 1 aliphatic carbocycles. The maximum Gasteiger partial charge on any atom is 0.267 e. The van der Waals surface area contributed by atoms with Crippen molar-refractivity contribution in [3.8, 4) is 0 Å². The zero-order chi connectivity index (χ0) is 13.1. The van der Waals surface area contributed by atoms with Crippen molar-refractivity contribution in [2.45, 2.75) is 32.7 Å². The van der Waals surface area contributed by atoms with Crippen LogP contribution in [0.1, 0.15) is 27.2 Å². The van der Waals surface area contributed by atoms with E-state index in [0.717, 1.165) is 17.1 Å². The smallest absolute Gasteiger partial charge is 0.263 e. The van der Waals surface area contributed by atoms with Crippen molar-refractivity contribution in [1.29, 1.82) is 0 Å². The molecule has 0 aromatic carbocycles. The van der Waals surface area contributed by atoms with Gasteiger partial charge in [0, 0.05) is 11.8 Å². The molecule has 0 N–H and O–H groups in total. The van der Waals surface area contributed by atoms with Crippen LogP contribution in [-0.2, 0) is 0 Å². The standard InChI is InChI=1S/C13H21NO2S/c1-12(2)8-9-17(4,5)11-10(12)6-7-13(11,3)14(15)16/h6-7H,8-9H2,1-5H3. The number of allylic oxidation sites excluding steroid dienone is 2. The lowest BCUT2D eigenvalue weighted by atomic mass is 9.81. The van der Waals surface area contributed by atoms with Gasteiger partial charge >= 0.3 is 0 Å². The molecular formula is C13H21NO2S. The molecule has 96 valence electrons. The summed E-state index contributed by atoms with van der Waals surface area (Å²) in [5.41, 5.74) is 0.344. The fourth-order valence-corrected chi connectivity index (χ4v) is 6.38. The van der Waals surface area contributed by atoms with Gasteiger partial charge in [-0.2, -0.15) is 0 Å². The van der Waals surface area contributed by atoms with E-state index in [-0.39, 0.29) is 10.3 Å². The van der Waals surface area contributed by atoms with E-state index in [1.165, 1.54) is 5.57 Å². The molecule has 0 amide bonds.